The highest BCUT2D eigenvalue weighted by Crippen LogP contribution is 2.49. The molecule has 0 unspecified atom stereocenters. The van der Waals surface area contributed by atoms with E-state index in [2.05, 4.69) is 31.1 Å². The van der Waals surface area contributed by atoms with Crippen molar-refractivity contribution < 1.29 is 4.79 Å². The van der Waals surface area contributed by atoms with Gasteiger partial charge in [0.25, 0.3) is 0 Å². The average Bonchev–Trinajstić information content (AvgIpc) is 2.74. The molecular formula is C13H19NOS. The Hall–Kier alpha value is -0.700. The summed E-state index contributed by atoms with van der Waals surface area (Å²) in [5, 5.41) is 3.25. The van der Waals surface area contributed by atoms with Gasteiger partial charge in [-0.2, -0.15) is 0 Å². The van der Waals surface area contributed by atoms with E-state index in [-0.39, 0.29) is 10.8 Å². The lowest BCUT2D eigenvalue weighted by atomic mass is 9.93. The molecule has 0 spiro atoms. The van der Waals surface area contributed by atoms with Crippen LogP contribution in [0, 0.1) is 5.41 Å². The molecule has 1 fully saturated rings. The van der Waals surface area contributed by atoms with E-state index in [4.69, 9.17) is 0 Å². The van der Waals surface area contributed by atoms with Crippen LogP contribution in [0.4, 0.5) is 0 Å². The van der Waals surface area contributed by atoms with E-state index >= 15 is 0 Å². The third-order valence-corrected chi connectivity index (χ3v) is 4.26. The smallest absolute Gasteiger partial charge is 0.136 e. The first kappa shape index (κ1) is 11.8. The lowest BCUT2D eigenvalue weighted by Gasteiger charge is -2.14. The Morgan fingerprint density at radius 3 is 2.50 bits per heavy atom. The van der Waals surface area contributed by atoms with E-state index < -0.39 is 0 Å². The van der Waals surface area contributed by atoms with Gasteiger partial charge in [0.15, 0.2) is 0 Å². The van der Waals surface area contributed by atoms with Gasteiger partial charge in [-0.05, 0) is 19.8 Å². The molecule has 0 amide bonds. The number of Topliss-reactive ketones (excluding diaryl/α,β-unsaturated/α-hetero) is 1. The van der Waals surface area contributed by atoms with Crippen LogP contribution in [0.25, 0.3) is 0 Å². The summed E-state index contributed by atoms with van der Waals surface area (Å²) in [6, 6.07) is 0. The molecule has 1 heterocycles. The van der Waals surface area contributed by atoms with E-state index in [1.807, 2.05) is 0 Å². The molecule has 1 saturated carbocycles. The second-order valence-corrected chi connectivity index (χ2v) is 6.83. The van der Waals surface area contributed by atoms with E-state index in [1.54, 1.807) is 18.3 Å². The maximum atomic E-state index is 11.5. The van der Waals surface area contributed by atoms with E-state index in [9.17, 15) is 4.79 Å². The number of thiazole rings is 1. The molecule has 1 aromatic rings. The van der Waals surface area contributed by atoms with Gasteiger partial charge in [-0.1, -0.05) is 20.8 Å². The zero-order valence-corrected chi connectivity index (χ0v) is 11.3. The van der Waals surface area contributed by atoms with Crippen LogP contribution in [0.3, 0.4) is 0 Å². The number of rotatable bonds is 3. The van der Waals surface area contributed by atoms with Crippen LogP contribution < -0.4 is 0 Å². The van der Waals surface area contributed by atoms with Gasteiger partial charge in [-0.25, -0.2) is 4.98 Å². The summed E-state index contributed by atoms with van der Waals surface area (Å²) in [6.07, 6.45) is 2.95. The van der Waals surface area contributed by atoms with Gasteiger partial charge in [-0.15, -0.1) is 11.3 Å². The van der Waals surface area contributed by atoms with Gasteiger partial charge in [0.05, 0.1) is 10.7 Å². The zero-order chi connectivity index (χ0) is 12.0. The van der Waals surface area contributed by atoms with Crippen molar-refractivity contribution in [1.82, 2.24) is 4.98 Å². The van der Waals surface area contributed by atoms with Crippen molar-refractivity contribution in [2.45, 2.75) is 52.4 Å². The van der Waals surface area contributed by atoms with Crippen molar-refractivity contribution in [1.29, 1.82) is 0 Å². The Morgan fingerprint density at radius 2 is 2.12 bits per heavy atom. The molecule has 0 radical (unpaired) electrons. The molecular weight excluding hydrogens is 218 g/mol. The van der Waals surface area contributed by atoms with Crippen LogP contribution in [0.5, 0.6) is 0 Å². The molecule has 2 nitrogen and oxygen atoms in total. The number of hydrogen-bond acceptors (Lipinski definition) is 3. The average molecular weight is 237 g/mol. The third kappa shape index (κ3) is 2.19. The number of nitrogens with zero attached hydrogens (tertiary/aromatic N) is 1. The third-order valence-electron chi connectivity index (χ3n) is 3.41. The van der Waals surface area contributed by atoms with Gasteiger partial charge < -0.3 is 0 Å². The molecule has 3 heteroatoms. The lowest BCUT2D eigenvalue weighted by Crippen LogP contribution is -2.16. The van der Waals surface area contributed by atoms with Crippen LogP contribution in [0.15, 0.2) is 5.38 Å². The standard InChI is InChI=1S/C13H19NOS/c1-9(15)13(5-6-13)7-11-14-10(8-16-11)12(2,3)4/h8H,5-7H2,1-4H3. The number of ketones is 1. The highest BCUT2D eigenvalue weighted by atomic mass is 32.1. The molecule has 1 aliphatic carbocycles. The maximum absolute atomic E-state index is 11.5. The lowest BCUT2D eigenvalue weighted by molar-refractivity contribution is -0.121. The summed E-state index contributed by atoms with van der Waals surface area (Å²) in [5.74, 6) is 0.333. The number of carbonyl (C=O) groups excluding carboxylic acids is 1. The minimum atomic E-state index is -0.0486. The van der Waals surface area contributed by atoms with Gasteiger partial charge in [-0.3, -0.25) is 4.79 Å². The second kappa shape index (κ2) is 3.66. The topological polar surface area (TPSA) is 30.0 Å². The van der Waals surface area contributed by atoms with Crippen molar-refractivity contribution >= 4 is 17.1 Å². The van der Waals surface area contributed by atoms with Crippen LogP contribution in [-0.4, -0.2) is 10.8 Å². The van der Waals surface area contributed by atoms with Gasteiger partial charge in [0, 0.05) is 22.6 Å². The predicted octanol–water partition coefficient (Wildman–Crippen LogP) is 3.35. The van der Waals surface area contributed by atoms with E-state index in [1.165, 1.54) is 0 Å². The summed E-state index contributed by atoms with van der Waals surface area (Å²) in [5.41, 5.74) is 1.21. The Balaban J connectivity index is 2.12. The number of aromatic nitrogens is 1. The predicted molar refractivity (Wildman–Crippen MR) is 66.9 cm³/mol. The zero-order valence-electron chi connectivity index (χ0n) is 10.5. The first-order valence-corrected chi connectivity index (χ1v) is 6.67. The highest BCUT2D eigenvalue weighted by Gasteiger charge is 2.47. The number of carbonyl (C=O) groups is 1. The molecule has 0 bridgehead atoms. The van der Waals surface area contributed by atoms with Crippen LogP contribution in [0.2, 0.25) is 0 Å². The molecule has 0 N–H and O–H groups in total. The second-order valence-electron chi connectivity index (χ2n) is 5.89. The summed E-state index contributed by atoms with van der Waals surface area (Å²) in [4.78, 5) is 16.2. The quantitative estimate of drug-likeness (QED) is 0.807. The van der Waals surface area contributed by atoms with Crippen LogP contribution in [-0.2, 0) is 16.6 Å². The summed E-state index contributed by atoms with van der Waals surface area (Å²) in [7, 11) is 0. The van der Waals surface area contributed by atoms with Gasteiger partial charge in [0.1, 0.15) is 5.78 Å². The van der Waals surface area contributed by atoms with Crippen molar-refractivity contribution in [3.05, 3.63) is 16.1 Å². The van der Waals surface area contributed by atoms with E-state index in [0.29, 0.717) is 5.78 Å². The molecule has 0 saturated heterocycles. The van der Waals surface area contributed by atoms with E-state index in [0.717, 1.165) is 30.0 Å². The number of hydrogen-bond donors (Lipinski definition) is 0. The monoisotopic (exact) mass is 237 g/mol. The minimum Gasteiger partial charge on any atom is -0.299 e. The summed E-state index contributed by atoms with van der Waals surface area (Å²) >= 11 is 1.70. The Labute approximate surface area is 101 Å². The fourth-order valence-electron chi connectivity index (χ4n) is 1.83. The van der Waals surface area contributed by atoms with Crippen molar-refractivity contribution in [3.8, 4) is 0 Å². The van der Waals surface area contributed by atoms with Crippen molar-refractivity contribution in [3.63, 3.8) is 0 Å². The summed E-state index contributed by atoms with van der Waals surface area (Å²) in [6.45, 7) is 8.22. The highest BCUT2D eigenvalue weighted by molar-refractivity contribution is 7.09. The molecule has 1 aromatic heterocycles. The normalized spacial score (nSPS) is 18.5. The van der Waals surface area contributed by atoms with Gasteiger partial charge >= 0.3 is 0 Å². The molecule has 0 aromatic carbocycles. The van der Waals surface area contributed by atoms with Crippen LogP contribution in [0.1, 0.15) is 51.2 Å². The molecule has 88 valence electrons. The summed E-state index contributed by atoms with van der Waals surface area (Å²) < 4.78 is 0. The fourth-order valence-corrected chi connectivity index (χ4v) is 2.99. The maximum Gasteiger partial charge on any atom is 0.136 e. The first-order valence-electron chi connectivity index (χ1n) is 5.79. The molecule has 0 aliphatic heterocycles. The fraction of sp³-hybridized carbons (Fsp3) is 0.692. The molecule has 1 aliphatic rings. The SMILES string of the molecule is CC(=O)C1(Cc2nc(C(C)(C)C)cs2)CC1. The minimum absolute atomic E-state index is 0.0486. The molecule has 2 rings (SSSR count). The molecule has 16 heavy (non-hydrogen) atoms. The largest absolute Gasteiger partial charge is 0.299 e. The van der Waals surface area contributed by atoms with Crippen LogP contribution >= 0.6 is 11.3 Å². The molecule has 0 atom stereocenters. The first-order chi connectivity index (χ1) is 7.33. The Bertz CT molecular complexity index is 410. The Kier molecular flexibility index (Phi) is 2.69. The Morgan fingerprint density at radius 1 is 1.50 bits per heavy atom. The van der Waals surface area contributed by atoms with Crippen molar-refractivity contribution in [2.24, 2.45) is 5.41 Å². The van der Waals surface area contributed by atoms with Gasteiger partial charge in [0.2, 0.25) is 0 Å². The van der Waals surface area contributed by atoms with Crippen molar-refractivity contribution in [2.75, 3.05) is 0 Å².